The lowest BCUT2D eigenvalue weighted by molar-refractivity contribution is 0.194. The fraction of sp³-hybridized carbons (Fsp3) is 0.556. The van der Waals surface area contributed by atoms with Crippen LogP contribution in [0.4, 0.5) is 0 Å². The Morgan fingerprint density at radius 1 is 1.60 bits per heavy atom. The molecule has 0 amide bonds. The summed E-state index contributed by atoms with van der Waals surface area (Å²) in [5, 5.41) is 3.24. The number of ether oxygens (including phenoxy) is 1. The first-order valence-corrected chi connectivity index (χ1v) is 6.14. The molecule has 1 aromatic rings. The molecule has 4 nitrogen and oxygen atoms in total. The van der Waals surface area contributed by atoms with Gasteiger partial charge in [0.1, 0.15) is 5.76 Å². The molecule has 86 valence electrons. The van der Waals surface area contributed by atoms with Gasteiger partial charge in [-0.05, 0) is 37.9 Å². The summed E-state index contributed by atoms with van der Waals surface area (Å²) in [4.78, 5) is 0. The van der Waals surface area contributed by atoms with Crippen molar-refractivity contribution in [2.24, 2.45) is 5.73 Å². The minimum atomic E-state index is 0.0164. The van der Waals surface area contributed by atoms with Gasteiger partial charge in [-0.1, -0.05) is 0 Å². The van der Waals surface area contributed by atoms with Crippen molar-refractivity contribution in [3.05, 3.63) is 21.0 Å². The van der Waals surface area contributed by atoms with Crippen molar-refractivity contribution in [1.82, 2.24) is 5.32 Å². The second kappa shape index (κ2) is 6.65. The first kappa shape index (κ1) is 13.2. The number of nitrogens with two attached hydrogens (primary N) is 1. The number of hydrogen-bond acceptors (Lipinski definition) is 4. The first-order chi connectivity index (χ1) is 7.19. The van der Waals surface area contributed by atoms with Gasteiger partial charge in [-0.15, -0.1) is 0 Å². The van der Waals surface area contributed by atoms with Crippen LogP contribution in [0, 0.1) is 0 Å². The van der Waals surface area contributed by atoms with Crippen LogP contribution in [0.5, 0.6) is 0 Å². The summed E-state index contributed by atoms with van der Waals surface area (Å²) in [7, 11) is 1.67. The molecule has 0 spiro atoms. The molecule has 0 saturated heterocycles. The molecular formula is C9H14Br2N2O2. The summed E-state index contributed by atoms with van der Waals surface area (Å²) >= 11 is 6.65. The second-order valence-corrected chi connectivity index (χ2v) is 4.58. The van der Waals surface area contributed by atoms with E-state index in [1.54, 1.807) is 7.11 Å². The van der Waals surface area contributed by atoms with E-state index in [-0.39, 0.29) is 6.04 Å². The van der Waals surface area contributed by atoms with Crippen LogP contribution in [0.1, 0.15) is 11.8 Å². The lowest BCUT2D eigenvalue weighted by Crippen LogP contribution is -2.30. The fourth-order valence-electron chi connectivity index (χ4n) is 1.17. The molecule has 1 rings (SSSR count). The van der Waals surface area contributed by atoms with Crippen molar-refractivity contribution in [3.8, 4) is 0 Å². The minimum absolute atomic E-state index is 0.0164. The third kappa shape index (κ3) is 3.88. The van der Waals surface area contributed by atoms with Crippen LogP contribution in [0.2, 0.25) is 0 Å². The van der Waals surface area contributed by atoms with E-state index in [0.717, 1.165) is 16.8 Å². The van der Waals surface area contributed by atoms with Gasteiger partial charge in [0.25, 0.3) is 0 Å². The van der Waals surface area contributed by atoms with Crippen molar-refractivity contribution in [2.75, 3.05) is 26.8 Å². The summed E-state index contributed by atoms with van der Waals surface area (Å²) in [6.45, 7) is 1.88. The Labute approximate surface area is 106 Å². The molecule has 1 aromatic heterocycles. The monoisotopic (exact) mass is 340 g/mol. The van der Waals surface area contributed by atoms with E-state index in [2.05, 4.69) is 37.2 Å². The predicted molar refractivity (Wildman–Crippen MR) is 65.8 cm³/mol. The zero-order valence-electron chi connectivity index (χ0n) is 8.43. The van der Waals surface area contributed by atoms with E-state index in [4.69, 9.17) is 14.9 Å². The highest BCUT2D eigenvalue weighted by molar-refractivity contribution is 9.13. The topological polar surface area (TPSA) is 60.4 Å². The maximum atomic E-state index is 5.65. The smallest absolute Gasteiger partial charge is 0.183 e. The molecule has 15 heavy (non-hydrogen) atoms. The van der Waals surface area contributed by atoms with Gasteiger partial charge in [0.15, 0.2) is 4.67 Å². The zero-order chi connectivity index (χ0) is 11.3. The lowest BCUT2D eigenvalue weighted by Gasteiger charge is -2.13. The van der Waals surface area contributed by atoms with Crippen molar-refractivity contribution in [2.45, 2.75) is 6.04 Å². The molecule has 0 radical (unpaired) electrons. The standard InChI is InChI=1S/C9H14Br2N2O2/c1-14-3-2-13-7(5-12)8-4-6(10)9(11)15-8/h4,7,13H,2-3,5,12H2,1H3. The maximum absolute atomic E-state index is 5.65. The average molecular weight is 342 g/mol. The lowest BCUT2D eigenvalue weighted by atomic mass is 10.2. The van der Waals surface area contributed by atoms with E-state index in [0.29, 0.717) is 17.8 Å². The van der Waals surface area contributed by atoms with Crippen LogP contribution in [0.3, 0.4) is 0 Å². The van der Waals surface area contributed by atoms with Gasteiger partial charge >= 0.3 is 0 Å². The molecule has 0 aliphatic heterocycles. The molecule has 6 heteroatoms. The van der Waals surface area contributed by atoms with Gasteiger partial charge in [-0.2, -0.15) is 0 Å². The SMILES string of the molecule is COCCNC(CN)c1cc(Br)c(Br)o1. The molecule has 0 saturated carbocycles. The van der Waals surface area contributed by atoms with Crippen LogP contribution in [0.15, 0.2) is 19.6 Å². The fourth-order valence-corrected chi connectivity index (χ4v) is 1.78. The van der Waals surface area contributed by atoms with Crippen LogP contribution < -0.4 is 11.1 Å². The highest BCUT2D eigenvalue weighted by Crippen LogP contribution is 2.29. The quantitative estimate of drug-likeness (QED) is 0.777. The largest absolute Gasteiger partial charge is 0.451 e. The van der Waals surface area contributed by atoms with Gasteiger partial charge in [-0.25, -0.2) is 0 Å². The maximum Gasteiger partial charge on any atom is 0.183 e. The summed E-state index contributed by atoms with van der Waals surface area (Å²) in [5.74, 6) is 0.812. The average Bonchev–Trinajstić information content (AvgIpc) is 2.54. The molecule has 0 aliphatic rings. The van der Waals surface area contributed by atoms with Gasteiger partial charge in [0.2, 0.25) is 0 Å². The number of hydrogen-bond donors (Lipinski definition) is 2. The van der Waals surface area contributed by atoms with Gasteiger partial charge in [-0.3, -0.25) is 0 Å². The van der Waals surface area contributed by atoms with Gasteiger partial charge < -0.3 is 20.2 Å². The minimum Gasteiger partial charge on any atom is -0.451 e. The third-order valence-electron chi connectivity index (χ3n) is 1.94. The van der Waals surface area contributed by atoms with Gasteiger partial charge in [0.05, 0.1) is 17.1 Å². The van der Waals surface area contributed by atoms with Crippen molar-refractivity contribution in [1.29, 1.82) is 0 Å². The molecule has 0 aromatic carbocycles. The molecular weight excluding hydrogens is 328 g/mol. The Hall–Kier alpha value is 0.120. The number of rotatable bonds is 6. The number of methoxy groups -OCH3 is 1. The summed E-state index contributed by atoms with van der Waals surface area (Å²) < 4.78 is 12.0. The second-order valence-electron chi connectivity index (χ2n) is 3.01. The highest BCUT2D eigenvalue weighted by atomic mass is 79.9. The summed E-state index contributed by atoms with van der Waals surface area (Å²) in [5.41, 5.74) is 5.65. The molecule has 1 unspecified atom stereocenters. The van der Waals surface area contributed by atoms with Crippen molar-refractivity contribution >= 4 is 31.9 Å². The van der Waals surface area contributed by atoms with Crippen LogP contribution in [-0.2, 0) is 4.74 Å². The normalized spacial score (nSPS) is 13.1. The Balaban J connectivity index is 2.57. The van der Waals surface area contributed by atoms with Crippen molar-refractivity contribution in [3.63, 3.8) is 0 Å². The van der Waals surface area contributed by atoms with E-state index < -0.39 is 0 Å². The highest BCUT2D eigenvalue weighted by Gasteiger charge is 2.15. The molecule has 0 bridgehead atoms. The van der Waals surface area contributed by atoms with E-state index in [1.165, 1.54) is 0 Å². The van der Waals surface area contributed by atoms with Crippen LogP contribution in [-0.4, -0.2) is 26.8 Å². The number of furan rings is 1. The summed E-state index contributed by atoms with van der Waals surface area (Å²) in [6.07, 6.45) is 0. The summed E-state index contributed by atoms with van der Waals surface area (Å²) in [6, 6.07) is 1.92. The van der Waals surface area contributed by atoms with Crippen LogP contribution in [0.25, 0.3) is 0 Å². The van der Waals surface area contributed by atoms with E-state index in [9.17, 15) is 0 Å². The van der Waals surface area contributed by atoms with E-state index >= 15 is 0 Å². The molecule has 1 heterocycles. The van der Waals surface area contributed by atoms with Crippen LogP contribution >= 0.6 is 31.9 Å². The molecule has 1 atom stereocenters. The van der Waals surface area contributed by atoms with E-state index in [1.807, 2.05) is 6.07 Å². The molecule has 0 fully saturated rings. The third-order valence-corrected chi connectivity index (χ3v) is 3.65. The first-order valence-electron chi connectivity index (χ1n) is 4.56. The number of nitrogens with one attached hydrogen (secondary N) is 1. The molecule has 3 N–H and O–H groups in total. The molecule has 0 aliphatic carbocycles. The van der Waals surface area contributed by atoms with Crippen molar-refractivity contribution < 1.29 is 9.15 Å². The Morgan fingerprint density at radius 2 is 2.33 bits per heavy atom. The Bertz CT molecular complexity index is 285. The van der Waals surface area contributed by atoms with Gasteiger partial charge in [0, 0.05) is 20.2 Å². The predicted octanol–water partition coefficient (Wildman–Crippen LogP) is 2.04. The number of halogens is 2. The zero-order valence-corrected chi connectivity index (χ0v) is 11.6. The Morgan fingerprint density at radius 3 is 2.80 bits per heavy atom. The Kier molecular flexibility index (Phi) is 5.84.